The molecule has 0 radical (unpaired) electrons. The van der Waals surface area contributed by atoms with E-state index in [0.717, 1.165) is 0 Å². The van der Waals surface area contributed by atoms with Crippen molar-refractivity contribution in [3.05, 3.63) is 0 Å². The van der Waals surface area contributed by atoms with E-state index < -0.39 is 12.5 Å². The predicted octanol–water partition coefficient (Wildman–Crippen LogP) is 3.48. The molecule has 13 heavy (non-hydrogen) atoms. The van der Waals surface area contributed by atoms with E-state index in [0.29, 0.717) is 12.3 Å². The molecule has 3 heteroatoms. The molecule has 0 fully saturated rings. The Labute approximate surface area is 79.5 Å². The Bertz CT molecular complexity index is 119. The molecule has 0 bridgehead atoms. The van der Waals surface area contributed by atoms with Crippen molar-refractivity contribution in [3.63, 3.8) is 0 Å². The SMILES string of the molecule is CC(C)CCC(F)(F)COC(C)C. The maximum absolute atomic E-state index is 13.0. The third-order valence-corrected chi connectivity index (χ3v) is 1.72. The molecule has 0 aliphatic rings. The summed E-state index contributed by atoms with van der Waals surface area (Å²) >= 11 is 0. The summed E-state index contributed by atoms with van der Waals surface area (Å²) in [7, 11) is 0. The van der Waals surface area contributed by atoms with E-state index in [4.69, 9.17) is 4.74 Å². The van der Waals surface area contributed by atoms with Gasteiger partial charge in [0, 0.05) is 6.42 Å². The molecule has 0 aromatic rings. The molecule has 0 amide bonds. The zero-order valence-corrected chi connectivity index (χ0v) is 8.94. The van der Waals surface area contributed by atoms with E-state index in [9.17, 15) is 8.78 Å². The highest BCUT2D eigenvalue weighted by molar-refractivity contribution is 4.66. The van der Waals surface area contributed by atoms with Crippen molar-refractivity contribution in [3.8, 4) is 0 Å². The van der Waals surface area contributed by atoms with Gasteiger partial charge in [0.1, 0.15) is 6.61 Å². The van der Waals surface area contributed by atoms with Crippen molar-refractivity contribution in [2.45, 2.75) is 52.6 Å². The fourth-order valence-corrected chi connectivity index (χ4v) is 0.861. The molecule has 0 aromatic heterocycles. The highest BCUT2D eigenvalue weighted by atomic mass is 19.3. The monoisotopic (exact) mass is 194 g/mol. The molecular formula is C10H20F2O. The maximum Gasteiger partial charge on any atom is 0.271 e. The largest absolute Gasteiger partial charge is 0.373 e. The summed E-state index contributed by atoms with van der Waals surface area (Å²) in [6, 6.07) is 0. The topological polar surface area (TPSA) is 9.23 Å². The van der Waals surface area contributed by atoms with Gasteiger partial charge in [-0.3, -0.25) is 0 Å². The molecule has 0 aliphatic heterocycles. The maximum atomic E-state index is 13.0. The average Bonchev–Trinajstić information content (AvgIpc) is 1.98. The van der Waals surface area contributed by atoms with Crippen molar-refractivity contribution < 1.29 is 13.5 Å². The van der Waals surface area contributed by atoms with Gasteiger partial charge in [-0.1, -0.05) is 13.8 Å². The zero-order chi connectivity index (χ0) is 10.5. The van der Waals surface area contributed by atoms with Gasteiger partial charge < -0.3 is 4.74 Å². The summed E-state index contributed by atoms with van der Waals surface area (Å²) in [5.74, 6) is -2.33. The van der Waals surface area contributed by atoms with Crippen molar-refractivity contribution >= 4 is 0 Å². The standard InChI is InChI=1S/C10H20F2O/c1-8(2)5-6-10(11,12)7-13-9(3)4/h8-9H,5-7H2,1-4H3. The van der Waals surface area contributed by atoms with Gasteiger partial charge in [0.25, 0.3) is 5.92 Å². The van der Waals surface area contributed by atoms with E-state index in [-0.39, 0.29) is 12.5 Å². The summed E-state index contributed by atoms with van der Waals surface area (Å²) in [6.07, 6.45) is 0.358. The Morgan fingerprint density at radius 3 is 2.08 bits per heavy atom. The third kappa shape index (κ3) is 8.16. The minimum atomic E-state index is -2.66. The van der Waals surface area contributed by atoms with Crippen molar-refractivity contribution in [1.82, 2.24) is 0 Å². The highest BCUT2D eigenvalue weighted by Gasteiger charge is 2.29. The molecule has 0 unspecified atom stereocenters. The van der Waals surface area contributed by atoms with Gasteiger partial charge >= 0.3 is 0 Å². The van der Waals surface area contributed by atoms with E-state index in [1.807, 2.05) is 13.8 Å². The van der Waals surface area contributed by atoms with Crippen LogP contribution >= 0.6 is 0 Å². The Hall–Kier alpha value is -0.180. The summed E-state index contributed by atoms with van der Waals surface area (Å²) in [5, 5.41) is 0. The molecule has 0 aliphatic carbocycles. The molecule has 1 nitrogen and oxygen atoms in total. The lowest BCUT2D eigenvalue weighted by Gasteiger charge is -2.18. The highest BCUT2D eigenvalue weighted by Crippen LogP contribution is 2.23. The predicted molar refractivity (Wildman–Crippen MR) is 50.1 cm³/mol. The van der Waals surface area contributed by atoms with Gasteiger partial charge in [-0.05, 0) is 26.2 Å². The normalized spacial score (nSPS) is 12.9. The van der Waals surface area contributed by atoms with E-state index in [1.54, 1.807) is 13.8 Å². The third-order valence-electron chi connectivity index (χ3n) is 1.72. The first kappa shape index (κ1) is 12.8. The first-order chi connectivity index (χ1) is 5.83. The fourth-order valence-electron chi connectivity index (χ4n) is 0.861. The molecule has 0 heterocycles. The van der Waals surface area contributed by atoms with E-state index in [2.05, 4.69) is 0 Å². The summed E-state index contributed by atoms with van der Waals surface area (Å²) < 4.78 is 30.9. The molecule has 0 N–H and O–H groups in total. The smallest absolute Gasteiger partial charge is 0.271 e. The Morgan fingerprint density at radius 2 is 1.69 bits per heavy atom. The second-order valence-electron chi connectivity index (χ2n) is 4.15. The van der Waals surface area contributed by atoms with Crippen LogP contribution in [0.4, 0.5) is 8.78 Å². The Kier molecular flexibility index (Phi) is 5.45. The lowest BCUT2D eigenvalue weighted by atomic mass is 10.0. The van der Waals surface area contributed by atoms with Crippen molar-refractivity contribution in [2.75, 3.05) is 6.61 Å². The lowest BCUT2D eigenvalue weighted by molar-refractivity contribution is -0.0989. The van der Waals surface area contributed by atoms with Crippen LogP contribution in [0.5, 0.6) is 0 Å². The molecule has 0 saturated heterocycles. The van der Waals surface area contributed by atoms with Crippen molar-refractivity contribution in [2.24, 2.45) is 5.92 Å². The number of alkyl halides is 2. The van der Waals surface area contributed by atoms with Crippen LogP contribution in [0.2, 0.25) is 0 Å². The van der Waals surface area contributed by atoms with E-state index >= 15 is 0 Å². The summed E-state index contributed by atoms with van der Waals surface area (Å²) in [6.45, 7) is 6.97. The molecule has 0 spiro atoms. The van der Waals surface area contributed by atoms with Crippen molar-refractivity contribution in [1.29, 1.82) is 0 Å². The molecular weight excluding hydrogens is 174 g/mol. The van der Waals surface area contributed by atoms with Gasteiger partial charge in [-0.2, -0.15) is 0 Å². The fraction of sp³-hybridized carbons (Fsp3) is 1.00. The molecule has 0 saturated carbocycles. The van der Waals surface area contributed by atoms with Gasteiger partial charge in [-0.15, -0.1) is 0 Å². The Balaban J connectivity index is 3.66. The summed E-state index contributed by atoms with van der Waals surface area (Å²) in [5.41, 5.74) is 0. The number of rotatable bonds is 6. The number of hydrogen-bond acceptors (Lipinski definition) is 1. The van der Waals surface area contributed by atoms with Crippen LogP contribution < -0.4 is 0 Å². The second-order valence-corrected chi connectivity index (χ2v) is 4.15. The van der Waals surface area contributed by atoms with Crippen LogP contribution in [0.3, 0.4) is 0 Å². The zero-order valence-electron chi connectivity index (χ0n) is 8.94. The molecule has 80 valence electrons. The van der Waals surface area contributed by atoms with Gasteiger partial charge in [-0.25, -0.2) is 8.78 Å². The van der Waals surface area contributed by atoms with Gasteiger partial charge in [0.05, 0.1) is 6.10 Å². The second kappa shape index (κ2) is 5.53. The summed E-state index contributed by atoms with van der Waals surface area (Å²) in [4.78, 5) is 0. The minimum absolute atomic E-state index is 0.0720. The van der Waals surface area contributed by atoms with Gasteiger partial charge in [0.2, 0.25) is 0 Å². The minimum Gasteiger partial charge on any atom is -0.373 e. The van der Waals surface area contributed by atoms with Crippen LogP contribution in [0.15, 0.2) is 0 Å². The average molecular weight is 194 g/mol. The number of ether oxygens (including phenoxy) is 1. The van der Waals surface area contributed by atoms with E-state index in [1.165, 1.54) is 0 Å². The van der Waals surface area contributed by atoms with Crippen LogP contribution in [-0.2, 0) is 4.74 Å². The quantitative estimate of drug-likeness (QED) is 0.629. The van der Waals surface area contributed by atoms with Crippen LogP contribution in [0, 0.1) is 5.92 Å². The molecule has 0 rings (SSSR count). The van der Waals surface area contributed by atoms with Gasteiger partial charge in [0.15, 0.2) is 0 Å². The van der Waals surface area contributed by atoms with Crippen LogP contribution in [0.25, 0.3) is 0 Å². The first-order valence-corrected chi connectivity index (χ1v) is 4.83. The molecule has 0 aromatic carbocycles. The Morgan fingerprint density at radius 1 is 1.15 bits per heavy atom. The first-order valence-electron chi connectivity index (χ1n) is 4.83. The number of halogens is 2. The molecule has 0 atom stereocenters. The lowest BCUT2D eigenvalue weighted by Crippen LogP contribution is -2.26. The number of hydrogen-bond donors (Lipinski definition) is 0. The van der Waals surface area contributed by atoms with Crippen LogP contribution in [-0.4, -0.2) is 18.6 Å². The van der Waals surface area contributed by atoms with Crippen LogP contribution in [0.1, 0.15) is 40.5 Å².